The molecule has 0 fully saturated rings. The Balaban J connectivity index is 3.32. The van der Waals surface area contributed by atoms with Gasteiger partial charge in [-0.25, -0.2) is 0 Å². The molecule has 0 aliphatic heterocycles. The van der Waals surface area contributed by atoms with E-state index in [1.807, 2.05) is 6.92 Å². The smallest absolute Gasteiger partial charge is 0.305 e. The minimum absolute atomic E-state index is 0.0616. The van der Waals surface area contributed by atoms with Crippen molar-refractivity contribution >= 4 is 5.97 Å². The predicted octanol–water partition coefficient (Wildman–Crippen LogP) is 3.13. The number of hydrogen-bond donors (Lipinski definition) is 1. The number of unbranched alkanes of at least 4 members (excludes halogenated alkanes) is 2. The van der Waals surface area contributed by atoms with Crippen LogP contribution in [0.5, 0.6) is 0 Å². The van der Waals surface area contributed by atoms with Crippen LogP contribution in [0.15, 0.2) is 0 Å². The van der Waals surface area contributed by atoms with Gasteiger partial charge in [0.15, 0.2) is 0 Å². The van der Waals surface area contributed by atoms with Crippen molar-refractivity contribution in [2.24, 2.45) is 5.92 Å². The summed E-state index contributed by atoms with van der Waals surface area (Å²) in [4.78, 5) is 11.1. The molecule has 1 N–H and O–H groups in total. The minimum atomic E-state index is -0.0616. The number of hydrogen-bond acceptors (Lipinski definition) is 3. The van der Waals surface area contributed by atoms with Gasteiger partial charge >= 0.3 is 5.97 Å². The maximum absolute atomic E-state index is 11.1. The Morgan fingerprint density at radius 3 is 2.47 bits per heavy atom. The summed E-state index contributed by atoms with van der Waals surface area (Å²) in [7, 11) is 0. The van der Waals surface area contributed by atoms with Gasteiger partial charge in [-0.05, 0) is 39.2 Å². The number of carbonyl (C=O) groups is 1. The largest absolute Gasteiger partial charge is 0.466 e. The molecular weight excluding hydrogens is 214 g/mol. The molecule has 0 spiro atoms. The van der Waals surface area contributed by atoms with E-state index in [0.29, 0.717) is 19.1 Å². The lowest BCUT2D eigenvalue weighted by Gasteiger charge is -2.19. The Bertz CT molecular complexity index is 195. The summed E-state index contributed by atoms with van der Waals surface area (Å²) in [5.74, 6) is 0.669. The average molecular weight is 243 g/mol. The molecule has 3 nitrogen and oxygen atoms in total. The van der Waals surface area contributed by atoms with Crippen molar-refractivity contribution in [1.29, 1.82) is 0 Å². The van der Waals surface area contributed by atoms with Gasteiger partial charge in [-0.3, -0.25) is 4.79 Å². The van der Waals surface area contributed by atoms with Crippen LogP contribution in [0.2, 0.25) is 0 Å². The lowest BCUT2D eigenvalue weighted by Crippen LogP contribution is -2.32. The van der Waals surface area contributed by atoms with Gasteiger partial charge in [-0.1, -0.05) is 26.7 Å². The monoisotopic (exact) mass is 243 g/mol. The highest BCUT2D eigenvalue weighted by Gasteiger charge is 2.08. The minimum Gasteiger partial charge on any atom is -0.466 e. The van der Waals surface area contributed by atoms with Gasteiger partial charge in [0.25, 0.3) is 0 Å². The molecule has 0 aromatic rings. The molecule has 0 aliphatic carbocycles. The van der Waals surface area contributed by atoms with Crippen molar-refractivity contribution < 1.29 is 9.53 Å². The fraction of sp³-hybridized carbons (Fsp3) is 0.929. The molecule has 0 rings (SSSR count). The van der Waals surface area contributed by atoms with Gasteiger partial charge in [0.2, 0.25) is 0 Å². The van der Waals surface area contributed by atoms with Crippen LogP contribution in [0, 0.1) is 5.92 Å². The Labute approximate surface area is 106 Å². The van der Waals surface area contributed by atoms with E-state index in [2.05, 4.69) is 26.1 Å². The van der Waals surface area contributed by atoms with E-state index in [4.69, 9.17) is 4.74 Å². The lowest BCUT2D eigenvalue weighted by atomic mass is 10.0. The van der Waals surface area contributed by atoms with Crippen LogP contribution >= 0.6 is 0 Å². The van der Waals surface area contributed by atoms with E-state index in [9.17, 15) is 4.79 Å². The molecule has 0 saturated carbocycles. The molecule has 17 heavy (non-hydrogen) atoms. The fourth-order valence-electron chi connectivity index (χ4n) is 1.69. The summed E-state index contributed by atoms with van der Waals surface area (Å²) in [6.45, 7) is 10.1. The lowest BCUT2D eigenvalue weighted by molar-refractivity contribution is -0.143. The number of ether oxygens (including phenoxy) is 1. The Morgan fingerprint density at radius 2 is 1.88 bits per heavy atom. The number of carbonyl (C=O) groups excluding carboxylic acids is 1. The molecule has 0 radical (unpaired) electrons. The van der Waals surface area contributed by atoms with Gasteiger partial charge in [-0.15, -0.1) is 0 Å². The van der Waals surface area contributed by atoms with Crippen molar-refractivity contribution in [2.45, 2.75) is 65.8 Å². The Kier molecular flexibility index (Phi) is 10.2. The van der Waals surface area contributed by atoms with Crippen molar-refractivity contribution in [3.63, 3.8) is 0 Å². The SMILES string of the molecule is CCOC(=O)CCCCCNC(C)C(C)CC. The van der Waals surface area contributed by atoms with Crippen LogP contribution in [-0.2, 0) is 9.53 Å². The van der Waals surface area contributed by atoms with E-state index < -0.39 is 0 Å². The third-order valence-electron chi connectivity index (χ3n) is 3.33. The average Bonchev–Trinajstić information content (AvgIpc) is 2.32. The molecule has 0 amide bonds. The van der Waals surface area contributed by atoms with E-state index in [0.717, 1.165) is 31.7 Å². The van der Waals surface area contributed by atoms with E-state index >= 15 is 0 Å². The number of esters is 1. The quantitative estimate of drug-likeness (QED) is 0.473. The fourth-order valence-corrected chi connectivity index (χ4v) is 1.69. The molecule has 2 atom stereocenters. The molecule has 0 aliphatic rings. The third kappa shape index (κ3) is 9.16. The van der Waals surface area contributed by atoms with Crippen LogP contribution in [-0.4, -0.2) is 25.2 Å². The number of rotatable bonds is 10. The highest BCUT2D eigenvalue weighted by Crippen LogP contribution is 2.07. The molecule has 0 bridgehead atoms. The third-order valence-corrected chi connectivity index (χ3v) is 3.33. The first-order valence-corrected chi connectivity index (χ1v) is 7.00. The predicted molar refractivity (Wildman–Crippen MR) is 72.0 cm³/mol. The van der Waals surface area contributed by atoms with E-state index in [1.165, 1.54) is 6.42 Å². The van der Waals surface area contributed by atoms with Crippen molar-refractivity contribution in [1.82, 2.24) is 5.32 Å². The van der Waals surface area contributed by atoms with Crippen molar-refractivity contribution in [3.05, 3.63) is 0 Å². The molecule has 0 heterocycles. The molecular formula is C14H29NO2. The highest BCUT2D eigenvalue weighted by atomic mass is 16.5. The van der Waals surface area contributed by atoms with Crippen LogP contribution in [0.1, 0.15) is 59.8 Å². The summed E-state index contributed by atoms with van der Waals surface area (Å²) >= 11 is 0. The van der Waals surface area contributed by atoms with Gasteiger partial charge < -0.3 is 10.1 Å². The molecule has 0 aromatic heterocycles. The second-order valence-electron chi connectivity index (χ2n) is 4.74. The molecule has 2 unspecified atom stereocenters. The van der Waals surface area contributed by atoms with E-state index in [-0.39, 0.29) is 5.97 Å². The topological polar surface area (TPSA) is 38.3 Å². The summed E-state index contributed by atoms with van der Waals surface area (Å²) in [6.07, 6.45) is 4.96. The highest BCUT2D eigenvalue weighted by molar-refractivity contribution is 5.69. The molecule has 102 valence electrons. The Morgan fingerprint density at radius 1 is 1.18 bits per heavy atom. The normalized spacial score (nSPS) is 14.4. The molecule has 0 saturated heterocycles. The second kappa shape index (κ2) is 10.6. The summed E-state index contributed by atoms with van der Waals surface area (Å²) in [6, 6.07) is 0.588. The summed E-state index contributed by atoms with van der Waals surface area (Å²) in [5.41, 5.74) is 0. The zero-order valence-corrected chi connectivity index (χ0v) is 11.9. The van der Waals surface area contributed by atoms with Gasteiger partial charge in [0.05, 0.1) is 6.61 Å². The maximum Gasteiger partial charge on any atom is 0.305 e. The van der Waals surface area contributed by atoms with Gasteiger partial charge in [0.1, 0.15) is 0 Å². The zero-order valence-electron chi connectivity index (χ0n) is 11.9. The van der Waals surface area contributed by atoms with Crippen molar-refractivity contribution in [2.75, 3.05) is 13.2 Å². The first kappa shape index (κ1) is 16.4. The number of nitrogens with one attached hydrogen (secondary N) is 1. The second-order valence-corrected chi connectivity index (χ2v) is 4.74. The van der Waals surface area contributed by atoms with Crippen molar-refractivity contribution in [3.8, 4) is 0 Å². The van der Waals surface area contributed by atoms with Gasteiger partial charge in [0, 0.05) is 12.5 Å². The summed E-state index contributed by atoms with van der Waals surface area (Å²) in [5, 5.41) is 3.53. The Hall–Kier alpha value is -0.570. The summed E-state index contributed by atoms with van der Waals surface area (Å²) < 4.78 is 4.88. The van der Waals surface area contributed by atoms with E-state index in [1.54, 1.807) is 0 Å². The maximum atomic E-state index is 11.1. The van der Waals surface area contributed by atoms with Gasteiger partial charge in [-0.2, -0.15) is 0 Å². The van der Waals surface area contributed by atoms with Crippen LogP contribution in [0.3, 0.4) is 0 Å². The van der Waals surface area contributed by atoms with Crippen LogP contribution < -0.4 is 5.32 Å². The standard InChI is InChI=1S/C14H29NO2/c1-5-12(3)13(4)15-11-9-7-8-10-14(16)17-6-2/h12-13,15H,5-11H2,1-4H3. The first-order valence-electron chi connectivity index (χ1n) is 7.00. The molecule has 0 aromatic carbocycles. The van der Waals surface area contributed by atoms with Crippen LogP contribution in [0.25, 0.3) is 0 Å². The molecule has 3 heteroatoms. The first-order chi connectivity index (χ1) is 8.11. The van der Waals surface area contributed by atoms with Crippen LogP contribution in [0.4, 0.5) is 0 Å². The zero-order chi connectivity index (χ0) is 13.1.